The van der Waals surface area contributed by atoms with Crippen LogP contribution in [0.4, 0.5) is 10.5 Å². The SMILES string of the molecule is CC(=O)N1c2ccccc2[C@@]2([Se]c3ccccc3)CCN(C(=O)OCC3c4ccccc4-c4ccccc43)[C@@H]12. The average Bonchev–Trinajstić information content (AvgIpc) is 3.58. The first kappa shape index (κ1) is 24.2. The Kier molecular flexibility index (Phi) is 5.84. The summed E-state index contributed by atoms with van der Waals surface area (Å²) in [7, 11) is 0. The van der Waals surface area contributed by atoms with Gasteiger partial charge in [-0.1, -0.05) is 0 Å². The molecule has 1 fully saturated rings. The van der Waals surface area contributed by atoms with E-state index in [1.165, 1.54) is 26.7 Å². The molecule has 1 saturated heterocycles. The summed E-state index contributed by atoms with van der Waals surface area (Å²) < 4.78 is 7.03. The molecule has 0 spiro atoms. The summed E-state index contributed by atoms with van der Waals surface area (Å²) in [5.74, 6) is -0.0662. The maximum atomic E-state index is 13.9. The third kappa shape index (κ3) is 3.74. The molecule has 6 heteroatoms. The van der Waals surface area contributed by atoms with Crippen molar-refractivity contribution in [3.63, 3.8) is 0 Å². The van der Waals surface area contributed by atoms with Crippen LogP contribution >= 0.6 is 0 Å². The van der Waals surface area contributed by atoms with Crippen molar-refractivity contribution >= 4 is 37.1 Å². The summed E-state index contributed by atoms with van der Waals surface area (Å²) >= 11 is -0.00239. The number of nitrogens with zero attached hydrogens (tertiary/aromatic N) is 2. The molecule has 0 unspecified atom stereocenters. The number of fused-ring (bicyclic) bond motifs is 6. The van der Waals surface area contributed by atoms with Gasteiger partial charge in [0.05, 0.1) is 0 Å². The van der Waals surface area contributed by atoms with E-state index in [1.54, 1.807) is 11.8 Å². The second-order valence-corrected chi connectivity index (χ2v) is 13.3. The van der Waals surface area contributed by atoms with Gasteiger partial charge in [-0.05, 0) is 0 Å². The van der Waals surface area contributed by atoms with Crippen LogP contribution in [-0.4, -0.2) is 51.2 Å². The predicted octanol–water partition coefficient (Wildman–Crippen LogP) is 5.26. The number of amides is 2. The monoisotopic (exact) mass is 580 g/mol. The Bertz CT molecular complexity index is 1540. The number of hydrogen-bond donors (Lipinski definition) is 0. The molecule has 2 heterocycles. The van der Waals surface area contributed by atoms with Crippen LogP contribution in [0.25, 0.3) is 11.1 Å². The molecule has 0 N–H and O–H groups in total. The van der Waals surface area contributed by atoms with Gasteiger partial charge in [-0.25, -0.2) is 0 Å². The minimum absolute atomic E-state index is 0.00239. The molecule has 0 bridgehead atoms. The van der Waals surface area contributed by atoms with E-state index in [0.29, 0.717) is 6.54 Å². The minimum atomic E-state index is -0.400. The van der Waals surface area contributed by atoms with Crippen molar-refractivity contribution in [3.05, 3.63) is 120 Å². The standard InChI is InChI=1S/C33H28N2O3Se/c1-22(36)35-30-18-10-9-17-29(30)33(39-23-11-3-2-4-12-23)19-20-34(31(33)35)32(37)38-21-28-26-15-7-5-13-24(26)25-14-6-8-16-27(25)28/h2-18,28,31H,19-21H2,1H3/t31-,33-/m0/s1. The van der Waals surface area contributed by atoms with E-state index in [-0.39, 0.29) is 43.8 Å². The molecule has 194 valence electrons. The van der Waals surface area contributed by atoms with Crippen molar-refractivity contribution in [1.29, 1.82) is 0 Å². The van der Waals surface area contributed by atoms with E-state index in [0.717, 1.165) is 17.7 Å². The van der Waals surface area contributed by atoms with Crippen molar-refractivity contribution in [3.8, 4) is 11.1 Å². The molecule has 0 saturated carbocycles. The zero-order valence-corrected chi connectivity index (χ0v) is 23.3. The molecule has 1 aliphatic carbocycles. The first-order valence-corrected chi connectivity index (χ1v) is 15.0. The maximum absolute atomic E-state index is 13.9. The molecule has 2 atom stereocenters. The van der Waals surface area contributed by atoms with Crippen molar-refractivity contribution < 1.29 is 14.3 Å². The van der Waals surface area contributed by atoms with Gasteiger partial charge in [-0.2, -0.15) is 0 Å². The normalized spacial score (nSPS) is 20.8. The third-order valence-corrected chi connectivity index (χ3v) is 11.4. The summed E-state index contributed by atoms with van der Waals surface area (Å²) in [6.07, 6.45) is 0.0345. The van der Waals surface area contributed by atoms with Gasteiger partial charge in [0.25, 0.3) is 0 Å². The predicted molar refractivity (Wildman–Crippen MR) is 153 cm³/mol. The summed E-state index contributed by atoms with van der Waals surface area (Å²) in [6, 6.07) is 35.3. The average molecular weight is 580 g/mol. The Labute approximate surface area is 234 Å². The van der Waals surface area contributed by atoms with E-state index in [2.05, 4.69) is 66.7 Å². The van der Waals surface area contributed by atoms with E-state index in [9.17, 15) is 9.59 Å². The quantitative estimate of drug-likeness (QED) is 0.310. The number of carbonyl (C=O) groups excluding carboxylic acids is 2. The number of hydrogen-bond acceptors (Lipinski definition) is 3. The third-order valence-electron chi connectivity index (χ3n) is 8.25. The van der Waals surface area contributed by atoms with Crippen LogP contribution in [-0.2, 0) is 13.8 Å². The molecule has 0 radical (unpaired) electrons. The van der Waals surface area contributed by atoms with Gasteiger partial charge in [0.15, 0.2) is 0 Å². The fourth-order valence-electron chi connectivity index (χ4n) is 6.65. The molecule has 5 nitrogen and oxygen atoms in total. The fourth-order valence-corrected chi connectivity index (χ4v) is 9.86. The first-order valence-electron chi connectivity index (χ1n) is 13.3. The second-order valence-electron chi connectivity index (χ2n) is 10.3. The number of para-hydroxylation sites is 1. The molecule has 2 aliphatic heterocycles. The summed E-state index contributed by atoms with van der Waals surface area (Å²) in [5, 5.41) is 0. The van der Waals surface area contributed by atoms with E-state index >= 15 is 0 Å². The van der Waals surface area contributed by atoms with Gasteiger partial charge >= 0.3 is 235 Å². The van der Waals surface area contributed by atoms with Crippen molar-refractivity contribution in [2.24, 2.45) is 0 Å². The number of ether oxygens (including phenoxy) is 1. The molecule has 3 aliphatic rings. The molecule has 39 heavy (non-hydrogen) atoms. The van der Waals surface area contributed by atoms with Gasteiger partial charge in [0.2, 0.25) is 0 Å². The number of benzene rings is 4. The van der Waals surface area contributed by atoms with Gasteiger partial charge in [-0.3, -0.25) is 0 Å². The summed E-state index contributed by atoms with van der Waals surface area (Å²) in [4.78, 5) is 30.6. The molecule has 2 amide bonds. The topological polar surface area (TPSA) is 49.9 Å². The Morgan fingerprint density at radius 2 is 1.46 bits per heavy atom. The number of likely N-dealkylation sites (tertiary alicyclic amines) is 1. The Hall–Kier alpha value is -3.86. The van der Waals surface area contributed by atoms with Crippen molar-refractivity contribution in [2.45, 2.75) is 29.7 Å². The summed E-state index contributed by atoms with van der Waals surface area (Å²) in [6.45, 7) is 2.41. The van der Waals surface area contributed by atoms with Crippen molar-refractivity contribution in [2.75, 3.05) is 18.1 Å². The second kappa shape index (κ2) is 9.40. The van der Waals surface area contributed by atoms with Crippen molar-refractivity contribution in [1.82, 2.24) is 4.90 Å². The van der Waals surface area contributed by atoms with Crippen LogP contribution in [0.5, 0.6) is 0 Å². The Morgan fingerprint density at radius 1 is 0.846 bits per heavy atom. The number of anilines is 1. The Balaban J connectivity index is 1.21. The fraction of sp³-hybridized carbons (Fsp3) is 0.212. The number of carbonyl (C=O) groups is 2. The zero-order valence-electron chi connectivity index (χ0n) is 21.6. The van der Waals surface area contributed by atoms with Gasteiger partial charge < -0.3 is 0 Å². The number of rotatable bonds is 4. The molecule has 0 aromatic heterocycles. The molecular weight excluding hydrogens is 551 g/mol. The van der Waals surface area contributed by atoms with Gasteiger partial charge in [0.1, 0.15) is 0 Å². The van der Waals surface area contributed by atoms with E-state index in [1.807, 2.05) is 41.3 Å². The van der Waals surface area contributed by atoms with Crippen LogP contribution in [0.2, 0.25) is 0 Å². The van der Waals surface area contributed by atoms with E-state index in [4.69, 9.17) is 4.74 Å². The molecule has 7 rings (SSSR count). The summed E-state index contributed by atoms with van der Waals surface area (Å²) in [5.41, 5.74) is 6.84. The Morgan fingerprint density at radius 3 is 2.15 bits per heavy atom. The van der Waals surface area contributed by atoms with Gasteiger partial charge in [-0.15, -0.1) is 0 Å². The molecule has 4 aromatic rings. The molecular formula is C33H28N2O3Se. The zero-order chi connectivity index (χ0) is 26.6. The van der Waals surface area contributed by atoms with Crippen LogP contribution in [0.3, 0.4) is 0 Å². The van der Waals surface area contributed by atoms with Crippen LogP contribution in [0.15, 0.2) is 103 Å². The van der Waals surface area contributed by atoms with Crippen LogP contribution in [0, 0.1) is 0 Å². The van der Waals surface area contributed by atoms with Crippen LogP contribution in [0.1, 0.15) is 36.0 Å². The first-order chi connectivity index (χ1) is 19.1. The van der Waals surface area contributed by atoms with Gasteiger partial charge in [0, 0.05) is 0 Å². The van der Waals surface area contributed by atoms with Crippen LogP contribution < -0.4 is 9.36 Å². The van der Waals surface area contributed by atoms with E-state index < -0.39 is 6.17 Å². The molecule has 4 aromatic carbocycles.